The fourth-order valence-electron chi connectivity index (χ4n) is 5.36. The van der Waals surface area contributed by atoms with E-state index in [2.05, 4.69) is 15.2 Å². The van der Waals surface area contributed by atoms with E-state index in [1.807, 2.05) is 30.3 Å². The Hall–Kier alpha value is -2.74. The Bertz CT molecular complexity index is 1030. The van der Waals surface area contributed by atoms with Gasteiger partial charge in [-0.05, 0) is 37.1 Å². The van der Waals surface area contributed by atoms with Crippen molar-refractivity contribution in [3.05, 3.63) is 42.1 Å². The Kier molecular flexibility index (Phi) is 4.21. The van der Waals surface area contributed by atoms with E-state index in [1.54, 1.807) is 11.1 Å². The van der Waals surface area contributed by atoms with Gasteiger partial charge in [-0.15, -0.1) is 0 Å². The fourth-order valence-corrected chi connectivity index (χ4v) is 5.36. The summed E-state index contributed by atoms with van der Waals surface area (Å²) in [7, 11) is 0. The number of hydrogen-bond acceptors (Lipinski definition) is 5. The molecule has 1 amide bonds. The first kappa shape index (κ1) is 19.0. The summed E-state index contributed by atoms with van der Waals surface area (Å²) in [5.41, 5.74) is 3.52. The molecule has 6 nitrogen and oxygen atoms in total. The molecule has 0 spiro atoms. The second kappa shape index (κ2) is 6.88. The number of rotatable bonds is 2. The summed E-state index contributed by atoms with van der Waals surface area (Å²) in [5, 5.41) is 3.37. The van der Waals surface area contributed by atoms with Crippen molar-refractivity contribution in [2.45, 2.75) is 25.3 Å². The molecule has 3 fully saturated rings. The number of carbonyl (C=O) groups is 1. The van der Waals surface area contributed by atoms with Crippen LogP contribution in [0.1, 0.15) is 18.4 Å². The summed E-state index contributed by atoms with van der Waals surface area (Å²) >= 11 is 0. The maximum atomic E-state index is 13.7. The Balaban J connectivity index is 1.36. The molecule has 6 rings (SSSR count). The van der Waals surface area contributed by atoms with Gasteiger partial charge in [-0.3, -0.25) is 4.79 Å². The van der Waals surface area contributed by atoms with Crippen LogP contribution in [0, 0.1) is 17.8 Å². The Labute approximate surface area is 179 Å². The Morgan fingerprint density at radius 1 is 1.16 bits per heavy atom. The van der Waals surface area contributed by atoms with Crippen LogP contribution in [-0.2, 0) is 16.1 Å². The predicted molar refractivity (Wildman–Crippen MR) is 113 cm³/mol. The van der Waals surface area contributed by atoms with E-state index in [-0.39, 0.29) is 24.7 Å². The second-order valence-corrected chi connectivity index (χ2v) is 8.92. The zero-order valence-corrected chi connectivity index (χ0v) is 17.1. The minimum atomic E-state index is -2.57. The molecule has 1 aromatic heterocycles. The molecule has 1 N–H and O–H groups in total. The van der Waals surface area contributed by atoms with Gasteiger partial charge in [0.15, 0.2) is 0 Å². The standard InChI is InChI=1S/C23H24F2N4O2/c24-23(25)17-10-15(11-18(17)23)22(30)29-13-14-2-1-5-26-21(14)27-19-4-3-16(12-20(19)29)28-6-8-31-9-7-28/h1-5,12,15,17-18H,6-11,13H2,(H,26,27). The second-order valence-electron chi connectivity index (χ2n) is 8.92. The first-order valence-electron chi connectivity index (χ1n) is 10.9. The molecule has 0 radical (unpaired) electrons. The molecule has 8 heteroatoms. The third-order valence-corrected chi connectivity index (χ3v) is 7.18. The van der Waals surface area contributed by atoms with Gasteiger partial charge in [0, 0.05) is 48.3 Å². The highest BCUT2D eigenvalue weighted by Crippen LogP contribution is 2.66. The minimum absolute atomic E-state index is 0.0677. The number of nitrogens with zero attached hydrogens (tertiary/aromatic N) is 3. The largest absolute Gasteiger partial charge is 0.378 e. The number of hydrogen-bond donors (Lipinski definition) is 1. The number of amides is 1. The number of pyridine rings is 1. The van der Waals surface area contributed by atoms with Crippen molar-refractivity contribution in [3.8, 4) is 0 Å². The van der Waals surface area contributed by atoms with Crippen LogP contribution >= 0.6 is 0 Å². The summed E-state index contributed by atoms with van der Waals surface area (Å²) in [6.07, 6.45) is 2.27. The number of anilines is 4. The molecule has 1 aromatic carbocycles. The molecule has 0 bridgehead atoms. The molecule has 2 aliphatic carbocycles. The molecule has 2 atom stereocenters. The lowest BCUT2D eigenvalue weighted by atomic mass is 10.00. The maximum Gasteiger partial charge on any atom is 0.254 e. The van der Waals surface area contributed by atoms with Gasteiger partial charge in [0.25, 0.3) is 5.92 Å². The van der Waals surface area contributed by atoms with E-state index < -0.39 is 17.8 Å². The van der Waals surface area contributed by atoms with Crippen LogP contribution in [0.4, 0.5) is 31.7 Å². The number of aromatic nitrogens is 1. The summed E-state index contributed by atoms with van der Waals surface area (Å²) < 4.78 is 32.9. The lowest BCUT2D eigenvalue weighted by Gasteiger charge is -2.31. The molecular formula is C23H24F2N4O2. The van der Waals surface area contributed by atoms with Crippen molar-refractivity contribution >= 4 is 28.8 Å². The van der Waals surface area contributed by atoms with E-state index in [0.717, 1.165) is 41.5 Å². The summed E-state index contributed by atoms with van der Waals surface area (Å²) in [5.74, 6) is -3.53. The molecule has 162 valence electrons. The highest BCUT2D eigenvalue weighted by atomic mass is 19.3. The number of alkyl halides is 2. The van der Waals surface area contributed by atoms with Gasteiger partial charge in [-0.2, -0.15) is 0 Å². The van der Waals surface area contributed by atoms with Crippen LogP contribution in [0.3, 0.4) is 0 Å². The van der Waals surface area contributed by atoms with Crippen molar-refractivity contribution in [2.24, 2.45) is 17.8 Å². The van der Waals surface area contributed by atoms with Gasteiger partial charge in [-0.1, -0.05) is 6.07 Å². The van der Waals surface area contributed by atoms with E-state index in [1.165, 1.54) is 0 Å². The number of ether oxygens (including phenoxy) is 1. The molecule has 3 heterocycles. The van der Waals surface area contributed by atoms with Crippen LogP contribution in [0.15, 0.2) is 36.5 Å². The van der Waals surface area contributed by atoms with E-state index in [0.29, 0.717) is 19.8 Å². The van der Waals surface area contributed by atoms with Gasteiger partial charge >= 0.3 is 0 Å². The normalized spacial score (nSPS) is 28.1. The third-order valence-electron chi connectivity index (χ3n) is 7.18. The number of halogens is 2. The molecule has 2 aliphatic heterocycles. The topological polar surface area (TPSA) is 57.7 Å². The number of morpholine rings is 1. The zero-order valence-electron chi connectivity index (χ0n) is 17.1. The van der Waals surface area contributed by atoms with Crippen LogP contribution in [0.5, 0.6) is 0 Å². The van der Waals surface area contributed by atoms with Gasteiger partial charge in [-0.25, -0.2) is 13.8 Å². The number of carbonyl (C=O) groups excluding carboxylic acids is 1. The highest BCUT2D eigenvalue weighted by Gasteiger charge is 2.72. The van der Waals surface area contributed by atoms with E-state index in [4.69, 9.17) is 4.74 Å². The molecule has 2 saturated carbocycles. The van der Waals surface area contributed by atoms with Crippen molar-refractivity contribution in [1.82, 2.24) is 4.98 Å². The number of nitrogens with one attached hydrogen (secondary N) is 1. The van der Waals surface area contributed by atoms with Crippen LogP contribution < -0.4 is 15.1 Å². The van der Waals surface area contributed by atoms with Crippen molar-refractivity contribution in [3.63, 3.8) is 0 Å². The zero-order chi connectivity index (χ0) is 21.2. The van der Waals surface area contributed by atoms with Crippen molar-refractivity contribution in [1.29, 1.82) is 0 Å². The predicted octanol–water partition coefficient (Wildman–Crippen LogP) is 3.80. The SMILES string of the molecule is O=C(C1CC2C(C1)C2(F)F)N1Cc2cccnc2Nc2ccc(N3CCOCC3)cc21. The molecule has 2 unspecified atom stereocenters. The third kappa shape index (κ3) is 3.07. The lowest BCUT2D eigenvalue weighted by Crippen LogP contribution is -2.37. The average molecular weight is 426 g/mol. The summed E-state index contributed by atoms with van der Waals surface area (Å²) in [4.78, 5) is 22.0. The van der Waals surface area contributed by atoms with Gasteiger partial charge < -0.3 is 19.9 Å². The minimum Gasteiger partial charge on any atom is -0.378 e. The quantitative estimate of drug-likeness (QED) is 0.792. The number of benzene rings is 1. The van der Waals surface area contributed by atoms with Crippen LogP contribution in [-0.4, -0.2) is 43.1 Å². The van der Waals surface area contributed by atoms with Gasteiger partial charge in [0.1, 0.15) is 5.82 Å². The van der Waals surface area contributed by atoms with Gasteiger partial charge in [0.2, 0.25) is 5.91 Å². The van der Waals surface area contributed by atoms with Crippen LogP contribution in [0.25, 0.3) is 0 Å². The van der Waals surface area contributed by atoms with Crippen molar-refractivity contribution in [2.75, 3.05) is 41.4 Å². The molecule has 4 aliphatic rings. The molecule has 31 heavy (non-hydrogen) atoms. The molecular weight excluding hydrogens is 402 g/mol. The average Bonchev–Trinajstić information content (AvgIpc) is 3.10. The first-order chi connectivity index (χ1) is 15.0. The summed E-state index contributed by atoms with van der Waals surface area (Å²) in [6.45, 7) is 3.31. The van der Waals surface area contributed by atoms with Crippen molar-refractivity contribution < 1.29 is 18.3 Å². The first-order valence-corrected chi connectivity index (χ1v) is 10.9. The van der Waals surface area contributed by atoms with E-state index >= 15 is 0 Å². The fraction of sp³-hybridized carbons (Fsp3) is 0.478. The summed E-state index contributed by atoms with van der Waals surface area (Å²) in [6, 6.07) is 9.85. The number of fused-ring (bicyclic) bond motifs is 3. The molecule has 1 saturated heterocycles. The maximum absolute atomic E-state index is 13.7. The van der Waals surface area contributed by atoms with E-state index in [9.17, 15) is 13.6 Å². The smallest absolute Gasteiger partial charge is 0.254 e. The lowest BCUT2D eigenvalue weighted by molar-refractivity contribution is -0.123. The highest BCUT2D eigenvalue weighted by molar-refractivity contribution is 6.00. The van der Waals surface area contributed by atoms with Gasteiger partial charge in [0.05, 0.1) is 31.1 Å². The van der Waals surface area contributed by atoms with Crippen LogP contribution in [0.2, 0.25) is 0 Å². The monoisotopic (exact) mass is 426 g/mol. The Morgan fingerprint density at radius 2 is 1.94 bits per heavy atom. The molecule has 2 aromatic rings. The Morgan fingerprint density at radius 3 is 2.71 bits per heavy atom.